The molecule has 2 aromatic rings. The van der Waals surface area contributed by atoms with Gasteiger partial charge in [0.2, 0.25) is 5.90 Å². The van der Waals surface area contributed by atoms with Gasteiger partial charge in [0, 0.05) is 25.1 Å². The topological polar surface area (TPSA) is 114 Å². The summed E-state index contributed by atoms with van der Waals surface area (Å²) in [4.78, 5) is 18.0. The van der Waals surface area contributed by atoms with Crippen molar-refractivity contribution in [2.24, 2.45) is 4.99 Å². The van der Waals surface area contributed by atoms with Gasteiger partial charge in [-0.05, 0) is 49.7 Å². The molecule has 0 fully saturated rings. The van der Waals surface area contributed by atoms with Crippen LogP contribution in [0.1, 0.15) is 25.3 Å². The fourth-order valence-electron chi connectivity index (χ4n) is 3.61. The van der Waals surface area contributed by atoms with E-state index in [2.05, 4.69) is 16.9 Å². The zero-order chi connectivity index (χ0) is 24.6. The molecule has 0 saturated heterocycles. The SMILES string of the molecule is C=CCNC(=O)[C@]1(CCS(=O)(=O)c2ccccc2)N=C(c2ccc(OCCCO)cc2)O[C@@H]1C. The Hall–Kier alpha value is -3.17. The third kappa shape index (κ3) is 5.84. The lowest BCUT2D eigenvalue weighted by Gasteiger charge is -2.27. The van der Waals surface area contributed by atoms with E-state index in [4.69, 9.17) is 14.6 Å². The molecule has 1 heterocycles. The van der Waals surface area contributed by atoms with E-state index in [0.717, 1.165) is 0 Å². The molecule has 182 valence electrons. The summed E-state index contributed by atoms with van der Waals surface area (Å²) in [7, 11) is -3.62. The molecule has 0 aromatic heterocycles. The van der Waals surface area contributed by atoms with E-state index < -0.39 is 27.4 Å². The molecule has 1 aliphatic rings. The second-order valence-electron chi connectivity index (χ2n) is 7.93. The van der Waals surface area contributed by atoms with Crippen LogP contribution >= 0.6 is 0 Å². The molecule has 0 saturated carbocycles. The van der Waals surface area contributed by atoms with Gasteiger partial charge in [-0.1, -0.05) is 24.3 Å². The molecular formula is C25H30N2O6S. The Morgan fingerprint density at radius 1 is 1.24 bits per heavy atom. The quantitative estimate of drug-likeness (QED) is 0.352. The van der Waals surface area contributed by atoms with Gasteiger partial charge in [0.1, 0.15) is 11.9 Å². The van der Waals surface area contributed by atoms with E-state index in [0.29, 0.717) is 24.3 Å². The van der Waals surface area contributed by atoms with E-state index in [1.807, 2.05) is 0 Å². The van der Waals surface area contributed by atoms with Crippen molar-refractivity contribution in [1.82, 2.24) is 5.32 Å². The Labute approximate surface area is 200 Å². The molecule has 3 rings (SSSR count). The third-order valence-corrected chi connectivity index (χ3v) is 7.32. The van der Waals surface area contributed by atoms with Crippen molar-refractivity contribution in [3.63, 3.8) is 0 Å². The highest BCUT2D eigenvalue weighted by atomic mass is 32.2. The summed E-state index contributed by atoms with van der Waals surface area (Å²) in [5.41, 5.74) is -0.762. The minimum atomic E-state index is -3.62. The van der Waals surface area contributed by atoms with E-state index in [9.17, 15) is 13.2 Å². The number of carbonyl (C=O) groups is 1. The van der Waals surface area contributed by atoms with Gasteiger partial charge in [-0.25, -0.2) is 13.4 Å². The fourth-order valence-corrected chi connectivity index (χ4v) is 4.99. The van der Waals surface area contributed by atoms with Crippen molar-refractivity contribution in [2.75, 3.05) is 25.5 Å². The summed E-state index contributed by atoms with van der Waals surface area (Å²) < 4.78 is 37.3. The van der Waals surface area contributed by atoms with Crippen LogP contribution in [-0.4, -0.2) is 62.5 Å². The molecule has 0 bridgehead atoms. The van der Waals surface area contributed by atoms with E-state index >= 15 is 0 Å². The number of aliphatic hydroxyl groups excluding tert-OH is 1. The van der Waals surface area contributed by atoms with Crippen LogP contribution in [-0.2, 0) is 19.4 Å². The van der Waals surface area contributed by atoms with Crippen molar-refractivity contribution < 1.29 is 27.8 Å². The number of ether oxygens (including phenoxy) is 2. The number of sulfone groups is 1. The predicted molar refractivity (Wildman–Crippen MR) is 130 cm³/mol. The first-order valence-electron chi connectivity index (χ1n) is 11.1. The van der Waals surface area contributed by atoms with E-state index in [1.165, 1.54) is 12.1 Å². The standard InChI is InChI=1S/C25H30N2O6S/c1-3-15-26-24(29)25(14-18-34(30,31)22-8-5-4-6-9-22)19(2)33-23(27-25)20-10-12-21(13-11-20)32-17-7-16-28/h3-6,8-13,19,28H,1,7,14-18H2,2H3,(H,26,29)/t19-,25-/m1/s1. The monoisotopic (exact) mass is 486 g/mol. The molecule has 0 radical (unpaired) electrons. The highest BCUT2D eigenvalue weighted by Crippen LogP contribution is 2.33. The van der Waals surface area contributed by atoms with Gasteiger partial charge >= 0.3 is 0 Å². The summed E-state index contributed by atoms with van der Waals surface area (Å²) in [6, 6.07) is 15.2. The zero-order valence-corrected chi connectivity index (χ0v) is 20.0. The summed E-state index contributed by atoms with van der Waals surface area (Å²) in [5.74, 6) is 0.218. The number of nitrogens with one attached hydrogen (secondary N) is 1. The predicted octanol–water partition coefficient (Wildman–Crippen LogP) is 2.52. The first kappa shape index (κ1) is 25.5. The largest absolute Gasteiger partial charge is 0.494 e. The van der Waals surface area contributed by atoms with Crippen molar-refractivity contribution in [2.45, 2.75) is 36.3 Å². The van der Waals surface area contributed by atoms with Crippen LogP contribution in [0.25, 0.3) is 0 Å². The summed E-state index contributed by atoms with van der Waals surface area (Å²) in [5, 5.41) is 11.6. The molecule has 9 heteroatoms. The van der Waals surface area contributed by atoms with Gasteiger partial charge in [0.05, 0.1) is 17.3 Å². The van der Waals surface area contributed by atoms with Crippen LogP contribution in [0.5, 0.6) is 5.75 Å². The zero-order valence-electron chi connectivity index (χ0n) is 19.1. The summed E-state index contributed by atoms with van der Waals surface area (Å²) >= 11 is 0. The average molecular weight is 487 g/mol. The number of nitrogens with zero attached hydrogens (tertiary/aromatic N) is 1. The number of aliphatic imine (C=N–C) groups is 1. The molecule has 1 amide bonds. The van der Waals surface area contributed by atoms with Gasteiger partial charge < -0.3 is 19.9 Å². The Balaban J connectivity index is 1.86. The van der Waals surface area contributed by atoms with Crippen molar-refractivity contribution in [3.05, 3.63) is 72.8 Å². The number of hydrogen-bond donors (Lipinski definition) is 2. The number of rotatable bonds is 12. The Bertz CT molecular complexity index is 1120. The van der Waals surface area contributed by atoms with Crippen LogP contribution < -0.4 is 10.1 Å². The number of amides is 1. The highest BCUT2D eigenvalue weighted by Gasteiger charge is 2.50. The maximum absolute atomic E-state index is 13.2. The molecule has 0 spiro atoms. The smallest absolute Gasteiger partial charge is 0.252 e. The number of hydrogen-bond acceptors (Lipinski definition) is 7. The van der Waals surface area contributed by atoms with E-state index in [1.54, 1.807) is 55.5 Å². The molecule has 0 unspecified atom stereocenters. The minimum absolute atomic E-state index is 0.0414. The van der Waals surface area contributed by atoms with Gasteiger partial charge in [-0.3, -0.25) is 4.79 Å². The molecule has 1 aliphatic heterocycles. The minimum Gasteiger partial charge on any atom is -0.494 e. The first-order valence-corrected chi connectivity index (χ1v) is 12.8. The Morgan fingerprint density at radius 2 is 1.94 bits per heavy atom. The van der Waals surface area contributed by atoms with Gasteiger partial charge in [-0.15, -0.1) is 6.58 Å². The summed E-state index contributed by atoms with van der Waals surface area (Å²) in [6.45, 7) is 6.01. The summed E-state index contributed by atoms with van der Waals surface area (Å²) in [6.07, 6.45) is 1.36. The molecular weight excluding hydrogens is 456 g/mol. The maximum atomic E-state index is 13.2. The second kappa shape index (κ2) is 11.3. The third-order valence-electron chi connectivity index (χ3n) is 5.59. The molecule has 34 heavy (non-hydrogen) atoms. The number of aliphatic hydroxyl groups is 1. The fraction of sp³-hybridized carbons (Fsp3) is 0.360. The molecule has 0 aliphatic carbocycles. The van der Waals surface area contributed by atoms with E-state index in [-0.39, 0.29) is 36.1 Å². The molecule has 2 aromatic carbocycles. The lowest BCUT2D eigenvalue weighted by atomic mass is 9.90. The Kier molecular flexibility index (Phi) is 8.46. The number of benzene rings is 2. The van der Waals surface area contributed by atoms with Gasteiger partial charge in [0.25, 0.3) is 5.91 Å². The average Bonchev–Trinajstić information content (AvgIpc) is 3.19. The van der Waals surface area contributed by atoms with Crippen molar-refractivity contribution in [1.29, 1.82) is 0 Å². The number of carbonyl (C=O) groups excluding carboxylic acids is 1. The van der Waals surface area contributed by atoms with Crippen LogP contribution in [0.3, 0.4) is 0 Å². The second-order valence-corrected chi connectivity index (χ2v) is 10.0. The lowest BCUT2D eigenvalue weighted by Crippen LogP contribution is -2.51. The van der Waals surface area contributed by atoms with Crippen LogP contribution in [0, 0.1) is 0 Å². The van der Waals surface area contributed by atoms with Gasteiger partial charge in [0.15, 0.2) is 15.4 Å². The first-order chi connectivity index (χ1) is 16.3. The molecule has 2 N–H and O–H groups in total. The van der Waals surface area contributed by atoms with Crippen molar-refractivity contribution >= 4 is 21.6 Å². The molecule has 8 nitrogen and oxygen atoms in total. The van der Waals surface area contributed by atoms with Crippen LogP contribution in [0.2, 0.25) is 0 Å². The lowest BCUT2D eigenvalue weighted by molar-refractivity contribution is -0.128. The van der Waals surface area contributed by atoms with Crippen molar-refractivity contribution in [3.8, 4) is 5.75 Å². The van der Waals surface area contributed by atoms with Crippen LogP contribution in [0.4, 0.5) is 0 Å². The highest BCUT2D eigenvalue weighted by molar-refractivity contribution is 7.91. The maximum Gasteiger partial charge on any atom is 0.252 e. The normalized spacial score (nSPS) is 19.7. The molecule has 2 atom stereocenters. The Morgan fingerprint density at radius 3 is 2.59 bits per heavy atom. The van der Waals surface area contributed by atoms with Gasteiger partial charge in [-0.2, -0.15) is 0 Å². The van der Waals surface area contributed by atoms with Crippen LogP contribution in [0.15, 0.2) is 77.1 Å².